The maximum absolute atomic E-state index is 5.64. The fraction of sp³-hybridized carbons (Fsp3) is 0.0625. The number of allylic oxidation sites excluding steroid dienone is 2. The van der Waals surface area contributed by atoms with Crippen LogP contribution in [0.4, 0.5) is 0 Å². The summed E-state index contributed by atoms with van der Waals surface area (Å²) in [6.45, 7) is 4.79. The molecule has 0 saturated carbocycles. The van der Waals surface area contributed by atoms with Crippen molar-refractivity contribution in [3.05, 3.63) is 426 Å². The number of rotatable bonds is 11. The van der Waals surface area contributed by atoms with Gasteiger partial charge in [0, 0.05) is 95.4 Å². The van der Waals surface area contributed by atoms with Crippen LogP contribution in [0.5, 0.6) is 0 Å². The van der Waals surface area contributed by atoms with Gasteiger partial charge >= 0.3 is 0 Å². The number of hydrogen-bond acceptors (Lipinski definition) is 3. The van der Waals surface area contributed by atoms with Crippen LogP contribution in [0.2, 0.25) is 0 Å². The first-order valence-electron chi connectivity index (χ1n) is 41.5. The van der Waals surface area contributed by atoms with Gasteiger partial charge in [0.2, 0.25) is 0 Å². The Balaban J connectivity index is 0.620. The number of nitrogens with zero attached hydrogens (tertiary/aromatic N) is 7. The number of aromatic nitrogens is 5. The predicted molar refractivity (Wildman–Crippen MR) is 495 cm³/mol. The summed E-state index contributed by atoms with van der Waals surface area (Å²) >= 11 is 0. The average Bonchev–Trinajstić information content (AvgIpc) is 1.56. The molecule has 0 bridgehead atoms. The van der Waals surface area contributed by atoms with E-state index >= 15 is 0 Å². The summed E-state index contributed by atoms with van der Waals surface area (Å²) in [7, 11) is 0. The Kier molecular flexibility index (Phi) is 14.7. The zero-order valence-electron chi connectivity index (χ0n) is 65.6. The first kappa shape index (κ1) is 67.3. The van der Waals surface area contributed by atoms with Gasteiger partial charge in [0.25, 0.3) is 0 Å². The molecule has 119 heavy (non-hydrogen) atoms. The molecule has 21 aromatic rings. The summed E-state index contributed by atoms with van der Waals surface area (Å²) < 4.78 is 9.83. The number of pyridine rings is 1. The van der Waals surface area contributed by atoms with Crippen LogP contribution in [0.25, 0.3) is 177 Å². The van der Waals surface area contributed by atoms with E-state index in [0.29, 0.717) is 0 Å². The third-order valence-corrected chi connectivity index (χ3v) is 26.5. The van der Waals surface area contributed by atoms with E-state index < -0.39 is 0 Å². The Hall–Kier alpha value is -15.1. The summed E-state index contributed by atoms with van der Waals surface area (Å²) in [6.07, 6.45) is 12.6. The minimum Gasteiger partial charge on any atom is -0.309 e. The van der Waals surface area contributed by atoms with Crippen molar-refractivity contribution in [3.8, 4) is 89.6 Å². The summed E-state index contributed by atoms with van der Waals surface area (Å²) in [6, 6.07) is 131. The van der Waals surface area contributed by atoms with Gasteiger partial charge in [-0.2, -0.15) is 0 Å². The summed E-state index contributed by atoms with van der Waals surface area (Å²) in [4.78, 5) is 15.8. The zero-order chi connectivity index (χ0) is 78.3. The van der Waals surface area contributed by atoms with Gasteiger partial charge in [0.15, 0.2) is 0 Å². The normalized spacial score (nSPS) is 14.9. The van der Waals surface area contributed by atoms with E-state index in [-0.39, 0.29) is 17.5 Å². The Morgan fingerprint density at radius 2 is 0.706 bits per heavy atom. The van der Waals surface area contributed by atoms with E-state index in [2.05, 4.69) is 402 Å². The van der Waals surface area contributed by atoms with Crippen LogP contribution in [-0.2, 0) is 18.3 Å². The van der Waals surface area contributed by atoms with Gasteiger partial charge in [-0.25, -0.2) is 0 Å². The lowest BCUT2D eigenvalue weighted by molar-refractivity contribution is 0.660. The third kappa shape index (κ3) is 10.3. The van der Waals surface area contributed by atoms with Crippen molar-refractivity contribution >= 4 is 99.7 Å². The molecule has 2 aliphatic heterocycles. The van der Waals surface area contributed by atoms with Gasteiger partial charge in [-0.3, -0.25) is 15.0 Å². The Morgan fingerprint density at radius 1 is 0.261 bits per heavy atom. The van der Waals surface area contributed by atoms with Crippen molar-refractivity contribution in [1.29, 1.82) is 0 Å². The number of benzene rings is 16. The molecule has 0 N–H and O–H groups in total. The van der Waals surface area contributed by atoms with E-state index in [9.17, 15) is 0 Å². The molecule has 7 nitrogen and oxygen atoms in total. The van der Waals surface area contributed by atoms with Crippen LogP contribution >= 0.6 is 0 Å². The first-order valence-corrected chi connectivity index (χ1v) is 41.5. The molecule has 7 heteroatoms. The molecule has 0 radical (unpaired) electrons. The van der Waals surface area contributed by atoms with Crippen LogP contribution in [0, 0.1) is 0 Å². The fourth-order valence-corrected chi connectivity index (χ4v) is 20.8. The lowest BCUT2D eigenvalue weighted by Crippen LogP contribution is -2.15. The largest absolute Gasteiger partial charge is 0.309 e. The van der Waals surface area contributed by atoms with E-state index in [1.165, 1.54) is 132 Å². The van der Waals surface area contributed by atoms with Crippen molar-refractivity contribution < 1.29 is 0 Å². The summed E-state index contributed by atoms with van der Waals surface area (Å²) in [5, 5.41) is 9.72. The third-order valence-electron chi connectivity index (χ3n) is 26.5. The Labute approximate surface area is 688 Å². The smallest absolute Gasteiger partial charge is 0.101 e. The zero-order valence-corrected chi connectivity index (χ0v) is 65.6. The molecule has 0 saturated heterocycles. The van der Waals surface area contributed by atoms with Gasteiger partial charge in [-0.05, 0) is 264 Å². The highest BCUT2D eigenvalue weighted by molar-refractivity contribution is 6.14. The highest BCUT2D eigenvalue weighted by Crippen LogP contribution is 2.54. The highest BCUT2D eigenvalue weighted by atomic mass is 15.0. The molecular weight excluding hydrogens is 1440 g/mol. The first-order chi connectivity index (χ1) is 58.7. The quantitative estimate of drug-likeness (QED) is 0.119. The molecule has 0 spiro atoms. The minimum atomic E-state index is -0.281. The lowest BCUT2D eigenvalue weighted by Gasteiger charge is -2.25. The second kappa shape index (κ2) is 26.0. The molecule has 16 aromatic carbocycles. The Morgan fingerprint density at radius 3 is 1.32 bits per heavy atom. The van der Waals surface area contributed by atoms with E-state index in [1.54, 1.807) is 0 Å². The van der Waals surface area contributed by atoms with Crippen molar-refractivity contribution in [2.75, 3.05) is 0 Å². The summed E-state index contributed by atoms with van der Waals surface area (Å²) in [5.74, 6) is 0. The van der Waals surface area contributed by atoms with E-state index in [4.69, 9.17) is 15.0 Å². The molecule has 2 atom stereocenters. The molecule has 558 valence electrons. The standard InChI is InChI=1S/C112H75N7/c1-112(2)99-49-44-74(60-93(99)94-63-80(47-50-100(94)112)117-102-35-13-7-28-85(102)86-29-8-14-36-103(86)117)92-64-91(73-42-41-68-22-3-4-23-69(68)54-73)97(65-98(92)110-83-27-6-5-24-76(83)66-114-110)111-84-48-43-71(55-78(84)67-115-111)72-45-51-109-95(59-72)89-32-12-18-40-107(89)119(109)82-58-77(57-81(62-82)118-104-37-15-9-30-87(104)88-31-10-16-38-105(88)118)70-25-21-26-79(56-70)116-106-39-17-11-33-90(106)96-61-75(46-52-108(96)116)101-34-19-20-53-113-101/h3-21,24-67,110-111H,22-23H2,1-2H3. The van der Waals surface area contributed by atoms with Gasteiger partial charge in [-0.15, -0.1) is 0 Å². The van der Waals surface area contributed by atoms with Crippen LogP contribution in [0.3, 0.4) is 0 Å². The van der Waals surface area contributed by atoms with Crippen LogP contribution in [-0.4, -0.2) is 35.7 Å². The van der Waals surface area contributed by atoms with Crippen LogP contribution in [0.15, 0.2) is 380 Å². The van der Waals surface area contributed by atoms with Gasteiger partial charge in [0.05, 0.1) is 49.8 Å². The minimum absolute atomic E-state index is 0.218. The van der Waals surface area contributed by atoms with E-state index in [0.717, 1.165) is 113 Å². The van der Waals surface area contributed by atoms with Crippen LogP contribution < -0.4 is 0 Å². The summed E-state index contributed by atoms with van der Waals surface area (Å²) in [5.41, 5.74) is 39.8. The van der Waals surface area contributed by atoms with Crippen molar-refractivity contribution in [3.63, 3.8) is 0 Å². The second-order valence-electron chi connectivity index (χ2n) is 33.3. The van der Waals surface area contributed by atoms with E-state index in [1.807, 2.05) is 12.3 Å². The molecule has 0 fully saturated rings. The number of aliphatic imine (C=N–C) groups is 2. The molecule has 4 aliphatic rings. The highest BCUT2D eigenvalue weighted by Gasteiger charge is 2.38. The SMILES string of the molecule is CC1(C)c2ccc(-c3cc(-c4ccc5c(c4)CC=CC5)c(C4N=Cc5cc(-c6ccc7c(c6)c6ccccc6n7-c6cc(-c7cccc(-n8c9ccccc9c9cc(-c%10ccccn%10)ccc98)c7)cc(-n7c8ccccc8c8ccccc87)c6)ccc54)cc3C3N=Cc4ccccc43)cc2-c2cc(-n3c4ccccc4c4ccccc43)ccc21. The van der Waals surface area contributed by atoms with Crippen molar-refractivity contribution in [1.82, 2.24) is 23.3 Å². The molecule has 0 amide bonds. The topological polar surface area (TPSA) is 57.3 Å². The molecule has 25 rings (SSSR count). The second-order valence-corrected chi connectivity index (χ2v) is 33.3. The van der Waals surface area contributed by atoms with Crippen molar-refractivity contribution in [2.24, 2.45) is 9.98 Å². The van der Waals surface area contributed by atoms with Crippen molar-refractivity contribution in [2.45, 2.75) is 44.2 Å². The molecule has 2 unspecified atom stereocenters. The fourth-order valence-electron chi connectivity index (χ4n) is 20.8. The lowest BCUT2D eigenvalue weighted by atomic mass is 9.80. The number of fused-ring (bicyclic) bond motifs is 18. The molecule has 5 aromatic heterocycles. The predicted octanol–water partition coefficient (Wildman–Crippen LogP) is 27.8. The van der Waals surface area contributed by atoms with Gasteiger partial charge in [0.1, 0.15) is 12.1 Å². The van der Waals surface area contributed by atoms with Crippen LogP contribution in [0.1, 0.15) is 81.6 Å². The van der Waals surface area contributed by atoms with Gasteiger partial charge in [-0.1, -0.05) is 238 Å². The Bertz CT molecular complexity index is 7940. The number of hydrogen-bond donors (Lipinski definition) is 0. The molecule has 7 heterocycles. The monoisotopic (exact) mass is 1520 g/mol. The maximum Gasteiger partial charge on any atom is 0.101 e. The number of para-hydroxylation sites is 6. The molecule has 2 aliphatic carbocycles. The average molecular weight is 1520 g/mol. The van der Waals surface area contributed by atoms with Gasteiger partial charge < -0.3 is 18.3 Å². The molecular formula is C112H75N7. The maximum atomic E-state index is 5.64.